The fourth-order valence-electron chi connectivity index (χ4n) is 3.97. The Morgan fingerprint density at radius 1 is 1.03 bits per heavy atom. The summed E-state index contributed by atoms with van der Waals surface area (Å²) in [6, 6.07) is 9.49. The van der Waals surface area contributed by atoms with Crippen molar-refractivity contribution in [1.82, 2.24) is 4.90 Å². The average molecular weight is 492 g/mol. The maximum absolute atomic E-state index is 13.3. The number of ether oxygens (including phenoxy) is 1. The molecule has 1 aliphatic heterocycles. The summed E-state index contributed by atoms with van der Waals surface area (Å²) in [5.74, 6) is -0.812. The van der Waals surface area contributed by atoms with Crippen LogP contribution in [-0.4, -0.2) is 35.0 Å². The lowest BCUT2D eigenvalue weighted by Gasteiger charge is -2.36. The van der Waals surface area contributed by atoms with E-state index >= 15 is 0 Å². The predicted octanol–water partition coefficient (Wildman–Crippen LogP) is 5.53. The summed E-state index contributed by atoms with van der Waals surface area (Å²) < 4.78 is 45.2. The highest BCUT2D eigenvalue weighted by Crippen LogP contribution is 2.36. The van der Waals surface area contributed by atoms with Gasteiger partial charge < -0.3 is 15.0 Å². The van der Waals surface area contributed by atoms with Gasteiger partial charge in [-0.05, 0) is 56.5 Å². The number of nitrogens with one attached hydrogen (secondary N) is 2. The number of hydrogen-bond donors (Lipinski definition) is 2. The third kappa shape index (κ3) is 6.74. The molecule has 10 heteroatoms. The molecule has 0 fully saturated rings. The van der Waals surface area contributed by atoms with Gasteiger partial charge in [0, 0.05) is 13.5 Å². The highest BCUT2D eigenvalue weighted by Gasteiger charge is 2.33. The lowest BCUT2D eigenvalue weighted by atomic mass is 9.90. The molecule has 2 N–H and O–H groups in total. The molecule has 2 aromatic carbocycles. The molecular weight excluding hydrogens is 463 g/mol. The number of benzene rings is 2. The van der Waals surface area contributed by atoms with Crippen molar-refractivity contribution in [2.24, 2.45) is 0 Å². The summed E-state index contributed by atoms with van der Waals surface area (Å²) in [7, 11) is 0. The first-order chi connectivity index (χ1) is 16.2. The molecule has 1 unspecified atom stereocenters. The lowest BCUT2D eigenvalue weighted by Crippen LogP contribution is -2.40. The van der Waals surface area contributed by atoms with Crippen molar-refractivity contribution in [1.29, 1.82) is 0 Å². The van der Waals surface area contributed by atoms with Crippen molar-refractivity contribution in [2.45, 2.75) is 58.4 Å². The minimum atomic E-state index is -4.66. The average Bonchev–Trinajstić information content (AvgIpc) is 2.72. The normalized spacial score (nSPS) is 15.7. The van der Waals surface area contributed by atoms with Crippen LogP contribution in [-0.2, 0) is 26.9 Å². The quantitative estimate of drug-likeness (QED) is 0.589. The third-order valence-electron chi connectivity index (χ3n) is 5.45. The van der Waals surface area contributed by atoms with Crippen LogP contribution in [0, 0.1) is 0 Å². The smallest absolute Gasteiger partial charge is 0.416 e. The van der Waals surface area contributed by atoms with E-state index in [2.05, 4.69) is 10.6 Å². The van der Waals surface area contributed by atoms with Gasteiger partial charge in [-0.15, -0.1) is 0 Å². The highest BCUT2D eigenvalue weighted by atomic mass is 19.4. The van der Waals surface area contributed by atoms with E-state index in [-0.39, 0.29) is 23.7 Å². The summed E-state index contributed by atoms with van der Waals surface area (Å²) in [6.45, 7) is 6.77. The van der Waals surface area contributed by atoms with Gasteiger partial charge in [0.1, 0.15) is 5.60 Å². The van der Waals surface area contributed by atoms with Crippen molar-refractivity contribution in [3.05, 3.63) is 59.2 Å². The van der Waals surface area contributed by atoms with Crippen molar-refractivity contribution >= 4 is 29.3 Å². The van der Waals surface area contributed by atoms with Crippen molar-refractivity contribution in [3.63, 3.8) is 0 Å². The van der Waals surface area contributed by atoms with Crippen LogP contribution in [0.15, 0.2) is 42.5 Å². The van der Waals surface area contributed by atoms with Crippen LogP contribution in [0.25, 0.3) is 0 Å². The lowest BCUT2D eigenvalue weighted by molar-refractivity contribution is -0.137. The van der Waals surface area contributed by atoms with E-state index in [0.717, 1.165) is 29.3 Å². The maximum atomic E-state index is 13.3. The SMILES string of the molecule is CC(=O)N1CCc2ccccc2C1CC(=O)Nc1cc(C(F)(F)F)ccc1NC(=O)OC(C)(C)C. The van der Waals surface area contributed by atoms with Crippen molar-refractivity contribution in [2.75, 3.05) is 17.2 Å². The van der Waals surface area contributed by atoms with Crippen LogP contribution in [0.1, 0.15) is 56.8 Å². The molecule has 0 bridgehead atoms. The first-order valence-electron chi connectivity index (χ1n) is 11.1. The molecule has 2 aromatic rings. The predicted molar refractivity (Wildman–Crippen MR) is 125 cm³/mol. The monoisotopic (exact) mass is 491 g/mol. The van der Waals surface area contributed by atoms with Crippen LogP contribution in [0.4, 0.5) is 29.3 Å². The molecule has 0 spiro atoms. The van der Waals surface area contributed by atoms with Gasteiger partial charge in [0.15, 0.2) is 0 Å². The standard InChI is InChI=1S/C25H28F3N3O4/c1-15(32)31-12-11-16-7-5-6-8-18(16)21(31)14-22(33)29-20-13-17(25(26,27)28)9-10-19(20)30-23(34)35-24(2,3)4/h5-10,13,21H,11-12,14H2,1-4H3,(H,29,33)(H,30,34). The van der Waals surface area contributed by atoms with E-state index in [1.165, 1.54) is 6.92 Å². The molecule has 0 radical (unpaired) electrons. The van der Waals surface area contributed by atoms with Gasteiger partial charge in [0.25, 0.3) is 0 Å². The van der Waals surface area contributed by atoms with E-state index < -0.39 is 35.4 Å². The van der Waals surface area contributed by atoms with Crippen LogP contribution in [0.2, 0.25) is 0 Å². The zero-order valence-electron chi connectivity index (χ0n) is 20.0. The minimum absolute atomic E-state index is 0.0481. The van der Waals surface area contributed by atoms with Gasteiger partial charge in [-0.2, -0.15) is 13.2 Å². The van der Waals surface area contributed by atoms with Gasteiger partial charge in [0.05, 0.1) is 29.4 Å². The van der Waals surface area contributed by atoms with Crippen molar-refractivity contribution < 1.29 is 32.3 Å². The molecular formula is C25H28F3N3O4. The van der Waals surface area contributed by atoms with Crippen LogP contribution >= 0.6 is 0 Å². The number of fused-ring (bicyclic) bond motifs is 1. The highest BCUT2D eigenvalue weighted by molar-refractivity contribution is 5.98. The van der Waals surface area contributed by atoms with Crippen LogP contribution < -0.4 is 10.6 Å². The van der Waals surface area contributed by atoms with Gasteiger partial charge >= 0.3 is 12.3 Å². The summed E-state index contributed by atoms with van der Waals surface area (Å²) >= 11 is 0. The second kappa shape index (κ2) is 9.97. The first-order valence-corrected chi connectivity index (χ1v) is 11.1. The van der Waals surface area contributed by atoms with Gasteiger partial charge in [-0.1, -0.05) is 24.3 Å². The maximum Gasteiger partial charge on any atom is 0.416 e. The van der Waals surface area contributed by atoms with Crippen molar-refractivity contribution in [3.8, 4) is 0 Å². The summed E-state index contributed by atoms with van der Waals surface area (Å²) in [4.78, 5) is 39.0. The Morgan fingerprint density at radius 3 is 2.34 bits per heavy atom. The topological polar surface area (TPSA) is 87.7 Å². The second-order valence-electron chi connectivity index (χ2n) is 9.31. The Bertz CT molecular complexity index is 1130. The first kappa shape index (κ1) is 26.1. The summed E-state index contributed by atoms with van der Waals surface area (Å²) in [5.41, 5.74) is -0.267. The molecule has 0 aliphatic carbocycles. The van der Waals surface area contributed by atoms with Gasteiger partial charge in [-0.25, -0.2) is 4.79 Å². The molecule has 7 nitrogen and oxygen atoms in total. The largest absolute Gasteiger partial charge is 0.444 e. The molecule has 0 saturated carbocycles. The van der Waals surface area contributed by atoms with Gasteiger partial charge in [0.2, 0.25) is 11.8 Å². The summed E-state index contributed by atoms with van der Waals surface area (Å²) in [6.07, 6.45) is -5.06. The molecule has 188 valence electrons. The number of alkyl halides is 3. The molecule has 0 saturated heterocycles. The number of carbonyl (C=O) groups excluding carboxylic acids is 3. The van der Waals surface area contributed by atoms with E-state index in [0.29, 0.717) is 13.0 Å². The fourth-order valence-corrected chi connectivity index (χ4v) is 3.97. The second-order valence-corrected chi connectivity index (χ2v) is 9.31. The number of anilines is 2. The molecule has 1 aliphatic rings. The summed E-state index contributed by atoms with van der Waals surface area (Å²) in [5, 5.41) is 4.87. The molecule has 3 rings (SSSR count). The Hall–Kier alpha value is -3.56. The molecule has 35 heavy (non-hydrogen) atoms. The van der Waals surface area contributed by atoms with Gasteiger partial charge in [-0.3, -0.25) is 14.9 Å². The Kier molecular flexibility index (Phi) is 7.42. The van der Waals surface area contributed by atoms with E-state index in [1.54, 1.807) is 25.7 Å². The Labute approximate surface area is 201 Å². The number of nitrogens with zero attached hydrogens (tertiary/aromatic N) is 1. The minimum Gasteiger partial charge on any atom is -0.444 e. The zero-order chi connectivity index (χ0) is 26.0. The molecule has 1 heterocycles. The third-order valence-corrected chi connectivity index (χ3v) is 5.45. The Balaban J connectivity index is 1.88. The zero-order valence-corrected chi connectivity index (χ0v) is 20.0. The number of amides is 3. The van der Waals surface area contributed by atoms with E-state index in [1.807, 2.05) is 24.3 Å². The molecule has 1 atom stereocenters. The van der Waals surface area contributed by atoms with Crippen LogP contribution in [0.5, 0.6) is 0 Å². The number of hydrogen-bond acceptors (Lipinski definition) is 4. The molecule has 3 amide bonds. The molecule has 0 aromatic heterocycles. The number of halogens is 3. The van der Waals surface area contributed by atoms with E-state index in [4.69, 9.17) is 4.74 Å². The number of rotatable bonds is 4. The fraction of sp³-hybridized carbons (Fsp3) is 0.400. The van der Waals surface area contributed by atoms with Crippen LogP contribution in [0.3, 0.4) is 0 Å². The number of carbonyl (C=O) groups is 3. The van der Waals surface area contributed by atoms with E-state index in [9.17, 15) is 27.6 Å². The Morgan fingerprint density at radius 2 is 1.71 bits per heavy atom.